The Bertz CT molecular complexity index is 1070. The molecule has 0 atom stereocenters. The molecule has 1 aromatic carbocycles. The number of rotatable bonds is 10. The number of hydrogen-bond acceptors (Lipinski definition) is 8. The van der Waals surface area contributed by atoms with Crippen molar-refractivity contribution in [2.75, 3.05) is 50.9 Å². The summed E-state index contributed by atoms with van der Waals surface area (Å²) in [6.07, 6.45) is 2.71. The van der Waals surface area contributed by atoms with Gasteiger partial charge in [-0.25, -0.2) is 9.78 Å². The van der Waals surface area contributed by atoms with Crippen LogP contribution >= 0.6 is 46.4 Å². The third-order valence-corrected chi connectivity index (χ3v) is 5.90. The summed E-state index contributed by atoms with van der Waals surface area (Å²) in [6.45, 7) is 2.51. The van der Waals surface area contributed by atoms with Crippen molar-refractivity contribution >= 4 is 64.0 Å². The lowest BCUT2D eigenvalue weighted by Gasteiger charge is -2.34. The van der Waals surface area contributed by atoms with Gasteiger partial charge in [0.1, 0.15) is 28.9 Å². The fourth-order valence-electron chi connectivity index (χ4n) is 3.23. The maximum absolute atomic E-state index is 12.3. The van der Waals surface area contributed by atoms with Gasteiger partial charge in [-0.2, -0.15) is 0 Å². The molecule has 0 saturated carbocycles. The Morgan fingerprint density at radius 2 is 1.78 bits per heavy atom. The summed E-state index contributed by atoms with van der Waals surface area (Å²) < 4.78 is 16.5. The lowest BCUT2D eigenvalue weighted by atomic mass is 10.3. The number of carbonyl (C=O) groups excluding carboxylic acids is 1. The minimum atomic E-state index is -0.496. The van der Waals surface area contributed by atoms with E-state index in [1.165, 1.54) is 18.3 Å². The van der Waals surface area contributed by atoms with E-state index in [2.05, 4.69) is 4.98 Å². The number of hydrogen-bond donors (Lipinski definition) is 0. The predicted molar refractivity (Wildman–Crippen MR) is 138 cm³/mol. The molecule has 3 rings (SSSR count). The van der Waals surface area contributed by atoms with Gasteiger partial charge in [0.15, 0.2) is 5.75 Å². The molecule has 2 aromatic rings. The number of halogens is 4. The number of carbonyl (C=O) groups is 1. The van der Waals surface area contributed by atoms with Crippen LogP contribution in [0.5, 0.6) is 11.5 Å². The zero-order valence-electron chi connectivity index (χ0n) is 18.9. The van der Waals surface area contributed by atoms with Crippen LogP contribution in [0.3, 0.4) is 0 Å². The molecule has 0 N–H and O–H groups in total. The minimum absolute atomic E-state index is 0.0676. The van der Waals surface area contributed by atoms with Crippen LogP contribution in [0.2, 0.25) is 10.0 Å². The maximum atomic E-state index is 12.3. The average Bonchev–Trinajstić information content (AvgIpc) is 2.85. The lowest BCUT2D eigenvalue weighted by Crippen LogP contribution is -2.49. The number of nitro groups is 1. The number of aromatic nitrogens is 1. The molecule has 0 spiro atoms. The van der Waals surface area contributed by atoms with Gasteiger partial charge in [0.2, 0.25) is 0 Å². The molecule has 1 fully saturated rings. The topological polar surface area (TPSA) is 107 Å². The van der Waals surface area contributed by atoms with Crippen molar-refractivity contribution in [2.24, 2.45) is 0 Å². The Morgan fingerprint density at radius 3 is 2.36 bits per heavy atom. The molecule has 14 heteroatoms. The zero-order valence-corrected chi connectivity index (χ0v) is 21.9. The van der Waals surface area contributed by atoms with Crippen LogP contribution in [0.15, 0.2) is 41.0 Å². The van der Waals surface area contributed by atoms with Crippen LogP contribution in [0.1, 0.15) is 6.42 Å². The van der Waals surface area contributed by atoms with Crippen molar-refractivity contribution < 1.29 is 23.9 Å². The molecule has 1 saturated heterocycles. The summed E-state index contributed by atoms with van der Waals surface area (Å²) in [7, 11) is 0. The van der Waals surface area contributed by atoms with Crippen molar-refractivity contribution in [1.29, 1.82) is 0 Å². The monoisotopic (exact) mass is 578 g/mol. The van der Waals surface area contributed by atoms with Crippen LogP contribution in [0.25, 0.3) is 0 Å². The minimum Gasteiger partial charge on any atom is -0.490 e. The van der Waals surface area contributed by atoms with Crippen LogP contribution in [0, 0.1) is 10.1 Å². The lowest BCUT2D eigenvalue weighted by molar-refractivity contribution is -0.385. The molecule has 194 valence electrons. The molecule has 10 nitrogen and oxygen atoms in total. The van der Waals surface area contributed by atoms with Gasteiger partial charge in [0.25, 0.3) is 5.69 Å². The van der Waals surface area contributed by atoms with Gasteiger partial charge in [-0.05, 0) is 12.1 Å². The van der Waals surface area contributed by atoms with E-state index in [1.807, 2.05) is 4.90 Å². The normalized spacial score (nSPS) is 13.2. The van der Waals surface area contributed by atoms with E-state index < -0.39 is 11.0 Å². The summed E-state index contributed by atoms with van der Waals surface area (Å²) in [5.74, 6) is 1.36. The molecule has 0 bridgehead atoms. The first-order valence-electron chi connectivity index (χ1n) is 10.8. The van der Waals surface area contributed by atoms with E-state index >= 15 is 0 Å². The zero-order chi connectivity index (χ0) is 26.1. The van der Waals surface area contributed by atoms with Crippen molar-refractivity contribution in [3.63, 3.8) is 0 Å². The van der Waals surface area contributed by atoms with Gasteiger partial charge < -0.3 is 24.0 Å². The van der Waals surface area contributed by atoms with Gasteiger partial charge in [-0.3, -0.25) is 10.1 Å². The fourth-order valence-corrected chi connectivity index (χ4v) is 3.94. The largest absolute Gasteiger partial charge is 0.490 e. The Kier molecular flexibility index (Phi) is 10.5. The Hall–Kier alpha value is -2.66. The number of nitrogens with zero attached hydrogens (tertiary/aromatic N) is 4. The first kappa shape index (κ1) is 27.9. The van der Waals surface area contributed by atoms with Gasteiger partial charge >= 0.3 is 6.09 Å². The van der Waals surface area contributed by atoms with E-state index in [0.29, 0.717) is 49.9 Å². The predicted octanol–water partition coefficient (Wildman–Crippen LogP) is 5.72. The van der Waals surface area contributed by atoms with Crippen molar-refractivity contribution in [3.05, 3.63) is 61.2 Å². The van der Waals surface area contributed by atoms with Crippen LogP contribution in [-0.4, -0.2) is 66.9 Å². The fraction of sp³-hybridized carbons (Fsp3) is 0.364. The summed E-state index contributed by atoms with van der Waals surface area (Å²) in [5.41, 5.74) is -0.0676. The van der Waals surface area contributed by atoms with Crippen LogP contribution in [0.4, 0.5) is 16.3 Å². The molecule has 2 heterocycles. The molecule has 0 aliphatic carbocycles. The first-order valence-corrected chi connectivity index (χ1v) is 12.3. The summed E-state index contributed by atoms with van der Waals surface area (Å²) in [4.78, 5) is 30.3. The van der Waals surface area contributed by atoms with Crippen molar-refractivity contribution in [2.45, 2.75) is 6.42 Å². The smallest absolute Gasteiger partial charge is 0.409 e. The van der Waals surface area contributed by atoms with Crippen molar-refractivity contribution in [1.82, 2.24) is 9.88 Å². The number of benzene rings is 1. The third kappa shape index (κ3) is 8.19. The van der Waals surface area contributed by atoms with Gasteiger partial charge in [-0.1, -0.05) is 46.4 Å². The van der Waals surface area contributed by atoms with E-state index in [1.54, 1.807) is 23.1 Å². The highest BCUT2D eigenvalue weighted by Gasteiger charge is 2.23. The highest BCUT2D eigenvalue weighted by atomic mass is 35.5. The number of amides is 1. The number of piperazine rings is 1. The summed E-state index contributed by atoms with van der Waals surface area (Å²) in [5, 5.41) is 11.3. The van der Waals surface area contributed by atoms with E-state index in [0.717, 1.165) is 0 Å². The Labute approximate surface area is 227 Å². The standard InChI is InChI=1S/C22H22Cl4N4O6/c23-17-12-16(34-11-4-19(25)26)13-18(24)21(17)35-9-1-10-36-22(31)29-7-5-28(6-8-29)20-3-2-15(14-27-20)30(32)33/h2-4,12-14H,1,5-11H2. The third-order valence-electron chi connectivity index (χ3n) is 5.02. The first-order chi connectivity index (χ1) is 17.2. The Morgan fingerprint density at radius 1 is 1.08 bits per heavy atom. The highest BCUT2D eigenvalue weighted by molar-refractivity contribution is 6.55. The number of pyridine rings is 1. The number of anilines is 1. The SMILES string of the molecule is O=C(OCCCOc1c(Cl)cc(OCC=C(Cl)Cl)cc1Cl)N1CCN(c2ccc([N+](=O)[O-])cn2)CC1. The quantitative estimate of drug-likeness (QED) is 0.200. The summed E-state index contributed by atoms with van der Waals surface area (Å²) in [6, 6.07) is 6.13. The number of ether oxygens (including phenoxy) is 3. The molecule has 1 amide bonds. The molecule has 1 aliphatic rings. The Balaban J connectivity index is 1.36. The maximum Gasteiger partial charge on any atom is 0.409 e. The summed E-state index contributed by atoms with van der Waals surface area (Å²) >= 11 is 23.5. The van der Waals surface area contributed by atoms with Crippen molar-refractivity contribution in [3.8, 4) is 11.5 Å². The van der Waals surface area contributed by atoms with Gasteiger partial charge in [-0.15, -0.1) is 0 Å². The van der Waals surface area contributed by atoms with Gasteiger partial charge in [0.05, 0.1) is 28.2 Å². The van der Waals surface area contributed by atoms with E-state index in [4.69, 9.17) is 60.6 Å². The molecule has 1 aromatic heterocycles. The van der Waals surface area contributed by atoms with E-state index in [-0.39, 0.29) is 40.0 Å². The van der Waals surface area contributed by atoms with Crippen LogP contribution in [-0.2, 0) is 4.74 Å². The molecule has 0 radical (unpaired) electrons. The second-order valence-electron chi connectivity index (χ2n) is 7.44. The van der Waals surface area contributed by atoms with E-state index in [9.17, 15) is 14.9 Å². The van der Waals surface area contributed by atoms with Crippen LogP contribution < -0.4 is 14.4 Å². The van der Waals surface area contributed by atoms with Gasteiger partial charge in [0, 0.05) is 50.8 Å². The second kappa shape index (κ2) is 13.6. The molecular weight excluding hydrogens is 558 g/mol. The molecule has 1 aliphatic heterocycles. The average molecular weight is 580 g/mol. The molecule has 36 heavy (non-hydrogen) atoms. The highest BCUT2D eigenvalue weighted by Crippen LogP contribution is 2.37. The molecule has 0 unspecified atom stereocenters. The second-order valence-corrected chi connectivity index (χ2v) is 9.27. The molecular formula is C22H22Cl4N4O6.